The lowest BCUT2D eigenvalue weighted by Gasteiger charge is -2.11. The summed E-state index contributed by atoms with van der Waals surface area (Å²) in [5, 5.41) is 0. The molecule has 166 valence electrons. The van der Waals surface area contributed by atoms with Gasteiger partial charge < -0.3 is 14.0 Å². The van der Waals surface area contributed by atoms with Crippen molar-refractivity contribution in [1.82, 2.24) is 14.5 Å². The third kappa shape index (κ3) is 3.86. The number of aromatic nitrogens is 3. The Balaban J connectivity index is 1.51. The van der Waals surface area contributed by atoms with Crippen LogP contribution in [0.2, 0.25) is 0 Å². The highest BCUT2D eigenvalue weighted by Gasteiger charge is 2.31. The van der Waals surface area contributed by atoms with Crippen LogP contribution in [-0.2, 0) is 16.0 Å². The minimum absolute atomic E-state index is 0.360. The summed E-state index contributed by atoms with van der Waals surface area (Å²) in [5.74, 6) is 0.564. The summed E-state index contributed by atoms with van der Waals surface area (Å²) < 4.78 is 11.9. The Labute approximate surface area is 191 Å². The van der Waals surface area contributed by atoms with Gasteiger partial charge in [-0.2, -0.15) is 0 Å². The molecule has 0 unspecified atom stereocenters. The molecule has 2 aromatic heterocycles. The fourth-order valence-electron chi connectivity index (χ4n) is 4.11. The Bertz CT molecular complexity index is 1350. The molecule has 0 bridgehead atoms. The number of pyridine rings is 1. The van der Waals surface area contributed by atoms with E-state index in [1.807, 2.05) is 42.5 Å². The average molecular weight is 441 g/mol. The molecule has 1 fully saturated rings. The van der Waals surface area contributed by atoms with E-state index < -0.39 is 5.97 Å². The molecule has 0 spiro atoms. The lowest BCUT2D eigenvalue weighted by molar-refractivity contribution is 0.0593. The normalized spacial score (nSPS) is 13.2. The minimum atomic E-state index is -0.414. The van der Waals surface area contributed by atoms with Gasteiger partial charge in [0.15, 0.2) is 5.65 Å². The van der Waals surface area contributed by atoms with Crippen molar-refractivity contribution in [3.05, 3.63) is 83.3 Å². The minimum Gasteiger partial charge on any atom is -0.465 e. The van der Waals surface area contributed by atoms with Crippen molar-refractivity contribution < 1.29 is 19.1 Å². The Morgan fingerprint density at radius 1 is 0.939 bits per heavy atom. The molecule has 2 heterocycles. The van der Waals surface area contributed by atoms with Gasteiger partial charge in [0, 0.05) is 12.1 Å². The highest BCUT2D eigenvalue weighted by atomic mass is 16.5. The van der Waals surface area contributed by atoms with Crippen LogP contribution in [0.5, 0.6) is 0 Å². The molecule has 7 nitrogen and oxygen atoms in total. The van der Waals surface area contributed by atoms with Gasteiger partial charge >= 0.3 is 11.9 Å². The summed E-state index contributed by atoms with van der Waals surface area (Å²) in [6.07, 6.45) is 3.79. The molecule has 4 aromatic rings. The fourth-order valence-corrected chi connectivity index (χ4v) is 4.11. The van der Waals surface area contributed by atoms with Crippen LogP contribution in [0.4, 0.5) is 0 Å². The number of carbonyl (C=O) groups excluding carboxylic acids is 2. The van der Waals surface area contributed by atoms with E-state index in [0.29, 0.717) is 34.8 Å². The second-order valence-corrected chi connectivity index (χ2v) is 8.09. The van der Waals surface area contributed by atoms with Gasteiger partial charge in [0.2, 0.25) is 0 Å². The molecule has 2 aromatic carbocycles. The monoisotopic (exact) mass is 441 g/mol. The van der Waals surface area contributed by atoms with E-state index >= 15 is 0 Å². The molecule has 1 saturated carbocycles. The molecule has 5 rings (SSSR count). The third-order valence-corrected chi connectivity index (χ3v) is 5.95. The summed E-state index contributed by atoms with van der Waals surface area (Å²) >= 11 is 0. The molecule has 7 heteroatoms. The maximum absolute atomic E-state index is 12.2. The first kappa shape index (κ1) is 20.9. The van der Waals surface area contributed by atoms with Crippen molar-refractivity contribution >= 4 is 23.1 Å². The smallest absolute Gasteiger partial charge is 0.340 e. The Kier molecular flexibility index (Phi) is 5.38. The van der Waals surface area contributed by atoms with E-state index in [2.05, 4.69) is 9.55 Å². The van der Waals surface area contributed by atoms with E-state index in [9.17, 15) is 9.59 Å². The number of imidazole rings is 1. The molecule has 0 saturated heterocycles. The zero-order valence-corrected chi connectivity index (χ0v) is 18.4. The van der Waals surface area contributed by atoms with Crippen LogP contribution in [0.3, 0.4) is 0 Å². The number of rotatable bonds is 6. The predicted molar refractivity (Wildman–Crippen MR) is 123 cm³/mol. The van der Waals surface area contributed by atoms with Crippen molar-refractivity contribution in [2.24, 2.45) is 0 Å². The van der Waals surface area contributed by atoms with Gasteiger partial charge in [-0.3, -0.25) is 0 Å². The highest BCUT2D eigenvalue weighted by Crippen LogP contribution is 2.41. The van der Waals surface area contributed by atoms with Gasteiger partial charge in [-0.15, -0.1) is 0 Å². The molecular formula is C26H23N3O4. The van der Waals surface area contributed by atoms with Crippen LogP contribution in [-0.4, -0.2) is 40.7 Å². The number of hydrogen-bond donors (Lipinski definition) is 0. The number of ether oxygens (including phenoxy) is 2. The van der Waals surface area contributed by atoms with Crippen molar-refractivity contribution in [3.63, 3.8) is 0 Å². The highest BCUT2D eigenvalue weighted by molar-refractivity contribution is 6.01. The predicted octanol–water partition coefficient (Wildman–Crippen LogP) is 4.60. The number of nitrogens with zero attached hydrogens (tertiary/aromatic N) is 3. The van der Waals surface area contributed by atoms with Crippen LogP contribution in [0, 0.1) is 0 Å². The summed E-state index contributed by atoms with van der Waals surface area (Å²) in [4.78, 5) is 33.7. The number of esters is 2. The van der Waals surface area contributed by atoms with Gasteiger partial charge in [-0.1, -0.05) is 42.5 Å². The molecule has 0 aliphatic heterocycles. The maximum atomic E-state index is 12.2. The van der Waals surface area contributed by atoms with Crippen molar-refractivity contribution in [2.75, 3.05) is 14.2 Å². The molecule has 0 radical (unpaired) electrons. The van der Waals surface area contributed by atoms with Gasteiger partial charge in [0.1, 0.15) is 11.3 Å². The van der Waals surface area contributed by atoms with E-state index in [4.69, 9.17) is 14.5 Å². The van der Waals surface area contributed by atoms with Gasteiger partial charge in [0.25, 0.3) is 0 Å². The van der Waals surface area contributed by atoms with Crippen LogP contribution < -0.4 is 0 Å². The maximum Gasteiger partial charge on any atom is 0.340 e. The molecule has 0 amide bonds. The van der Waals surface area contributed by atoms with E-state index in [1.165, 1.54) is 14.2 Å². The number of hydrogen-bond acceptors (Lipinski definition) is 6. The van der Waals surface area contributed by atoms with E-state index in [-0.39, 0.29) is 5.97 Å². The summed E-state index contributed by atoms with van der Waals surface area (Å²) in [7, 11) is 2.75. The second-order valence-electron chi connectivity index (χ2n) is 8.09. The van der Waals surface area contributed by atoms with Gasteiger partial charge in [0.05, 0.1) is 31.9 Å². The van der Waals surface area contributed by atoms with Crippen LogP contribution in [0.15, 0.2) is 60.8 Å². The topological polar surface area (TPSA) is 83.3 Å². The average Bonchev–Trinajstić information content (AvgIpc) is 3.65. The Morgan fingerprint density at radius 3 is 2.33 bits per heavy atom. The molecule has 33 heavy (non-hydrogen) atoms. The van der Waals surface area contributed by atoms with Crippen LogP contribution in [0.1, 0.15) is 50.9 Å². The van der Waals surface area contributed by atoms with E-state index in [0.717, 1.165) is 35.4 Å². The summed E-state index contributed by atoms with van der Waals surface area (Å²) in [5.41, 5.74) is 5.05. The quantitative estimate of drug-likeness (QED) is 0.407. The first-order valence-corrected chi connectivity index (χ1v) is 10.8. The Morgan fingerprint density at radius 2 is 1.64 bits per heavy atom. The van der Waals surface area contributed by atoms with Crippen LogP contribution in [0.25, 0.3) is 22.3 Å². The zero-order valence-electron chi connectivity index (χ0n) is 18.4. The zero-order chi connectivity index (χ0) is 22.9. The van der Waals surface area contributed by atoms with Crippen molar-refractivity contribution in [2.45, 2.75) is 25.3 Å². The van der Waals surface area contributed by atoms with Crippen molar-refractivity contribution in [1.29, 1.82) is 0 Å². The number of carbonyl (C=O) groups is 2. The lowest BCUT2D eigenvalue weighted by atomic mass is 9.98. The number of methoxy groups -OCH3 is 2. The first-order valence-electron chi connectivity index (χ1n) is 10.8. The molecule has 0 atom stereocenters. The largest absolute Gasteiger partial charge is 0.465 e. The van der Waals surface area contributed by atoms with Gasteiger partial charge in [-0.25, -0.2) is 19.6 Å². The van der Waals surface area contributed by atoms with E-state index in [1.54, 1.807) is 18.3 Å². The lowest BCUT2D eigenvalue weighted by Crippen LogP contribution is -2.06. The SMILES string of the molecule is COC(=O)c1ccccc1-c1ccc(Cn2c(C3CC3)nc3c(C(=O)OC)ccnc32)cc1. The van der Waals surface area contributed by atoms with Gasteiger partial charge in [-0.05, 0) is 41.7 Å². The standard InChI is InChI=1S/C26H23N3O4/c1-32-25(30)20-6-4-3-5-19(20)17-9-7-16(8-10-17)15-29-23(18-11-12-18)28-22-21(26(31)33-2)13-14-27-24(22)29/h3-10,13-14,18H,11-12,15H2,1-2H3. The fraction of sp³-hybridized carbons (Fsp3) is 0.231. The number of benzene rings is 2. The van der Waals surface area contributed by atoms with Crippen molar-refractivity contribution in [3.8, 4) is 11.1 Å². The number of fused-ring (bicyclic) bond motifs is 1. The molecule has 1 aliphatic carbocycles. The summed E-state index contributed by atoms with van der Waals surface area (Å²) in [6, 6.07) is 17.1. The first-order chi connectivity index (χ1) is 16.1. The second kappa shape index (κ2) is 8.50. The molecule has 0 N–H and O–H groups in total. The summed E-state index contributed by atoms with van der Waals surface area (Å²) in [6.45, 7) is 0.582. The third-order valence-electron chi connectivity index (χ3n) is 5.95. The molecule has 1 aliphatic rings. The molecular weight excluding hydrogens is 418 g/mol. The van der Waals surface area contributed by atoms with Crippen LogP contribution >= 0.6 is 0 Å². The Hall–Kier alpha value is -4.00.